The molecule has 1 N–H and O–H groups in total. The van der Waals surface area contributed by atoms with Crippen molar-refractivity contribution in [2.24, 2.45) is 0 Å². The smallest absolute Gasteiger partial charge is 0.162 e. The number of rotatable bonds is 1. The van der Waals surface area contributed by atoms with E-state index in [0.717, 1.165) is 10.0 Å². The van der Waals surface area contributed by atoms with Gasteiger partial charge in [-0.2, -0.15) is 0 Å². The van der Waals surface area contributed by atoms with E-state index >= 15 is 0 Å². The Labute approximate surface area is 123 Å². The summed E-state index contributed by atoms with van der Waals surface area (Å²) in [6.07, 6.45) is -0.161. The minimum Gasteiger partial charge on any atom is -0.480 e. The summed E-state index contributed by atoms with van der Waals surface area (Å²) in [6, 6.07) is 10.5. The van der Waals surface area contributed by atoms with E-state index in [-0.39, 0.29) is 16.9 Å². The van der Waals surface area contributed by atoms with E-state index in [2.05, 4.69) is 21.2 Å². The van der Waals surface area contributed by atoms with Gasteiger partial charge in [0.25, 0.3) is 0 Å². The van der Waals surface area contributed by atoms with Gasteiger partial charge in [-0.25, -0.2) is 4.39 Å². The van der Waals surface area contributed by atoms with Crippen LogP contribution >= 0.6 is 27.5 Å². The number of ether oxygens (including phenoxy) is 1. The van der Waals surface area contributed by atoms with Gasteiger partial charge in [0.1, 0.15) is 11.9 Å². The van der Waals surface area contributed by atoms with Crippen molar-refractivity contribution in [3.8, 4) is 5.75 Å². The topological polar surface area (TPSA) is 21.3 Å². The number of hydrogen-bond acceptors (Lipinski definition) is 2. The van der Waals surface area contributed by atoms with Crippen LogP contribution in [0.15, 0.2) is 40.9 Å². The summed E-state index contributed by atoms with van der Waals surface area (Å²) in [6.45, 7) is 0.565. The fraction of sp³-hybridized carbons (Fsp3) is 0.143. The van der Waals surface area contributed by atoms with Crippen molar-refractivity contribution in [3.63, 3.8) is 0 Å². The molecule has 0 saturated heterocycles. The highest BCUT2D eigenvalue weighted by Gasteiger charge is 2.25. The molecule has 19 heavy (non-hydrogen) atoms. The average molecular weight is 343 g/mol. The molecule has 0 aliphatic carbocycles. The highest BCUT2D eigenvalue weighted by atomic mass is 79.9. The molecule has 0 saturated carbocycles. The Morgan fingerprint density at radius 1 is 1.32 bits per heavy atom. The molecule has 1 heterocycles. The standard InChI is InChI=1S/C14H10BrClFNO/c15-10-4-2-1-3-9(10)13-7-18-12-6-8(17)5-11(16)14(12)19-13/h1-6,13,18H,7H2. The molecule has 0 radical (unpaired) electrons. The van der Waals surface area contributed by atoms with Crippen molar-refractivity contribution in [2.45, 2.75) is 6.10 Å². The highest BCUT2D eigenvalue weighted by Crippen LogP contribution is 2.41. The first-order valence-electron chi connectivity index (χ1n) is 5.79. The first-order valence-corrected chi connectivity index (χ1v) is 6.96. The Kier molecular flexibility index (Phi) is 3.37. The van der Waals surface area contributed by atoms with Gasteiger partial charge in [0, 0.05) is 16.1 Å². The maximum atomic E-state index is 13.3. The normalized spacial score (nSPS) is 17.3. The summed E-state index contributed by atoms with van der Waals surface area (Å²) in [5, 5.41) is 3.43. The van der Waals surface area contributed by atoms with Gasteiger partial charge in [-0.1, -0.05) is 45.7 Å². The van der Waals surface area contributed by atoms with E-state index in [1.807, 2.05) is 24.3 Å². The molecular formula is C14H10BrClFNO. The molecule has 1 unspecified atom stereocenters. The van der Waals surface area contributed by atoms with Crippen LogP contribution in [-0.4, -0.2) is 6.54 Å². The molecule has 1 aliphatic rings. The van der Waals surface area contributed by atoms with Crippen LogP contribution in [0.3, 0.4) is 0 Å². The number of hydrogen-bond donors (Lipinski definition) is 1. The molecule has 1 atom stereocenters. The SMILES string of the molecule is Fc1cc(Cl)c2c(c1)NCC(c1ccccc1Br)O2. The van der Waals surface area contributed by atoms with Gasteiger partial charge in [-0.15, -0.1) is 0 Å². The van der Waals surface area contributed by atoms with Crippen LogP contribution in [-0.2, 0) is 0 Å². The second kappa shape index (κ2) is 5.02. The first-order chi connectivity index (χ1) is 9.15. The van der Waals surface area contributed by atoms with Gasteiger partial charge < -0.3 is 10.1 Å². The van der Waals surface area contributed by atoms with Crippen LogP contribution in [0.25, 0.3) is 0 Å². The van der Waals surface area contributed by atoms with E-state index in [9.17, 15) is 4.39 Å². The lowest BCUT2D eigenvalue weighted by molar-refractivity contribution is 0.209. The fourth-order valence-electron chi connectivity index (χ4n) is 2.11. The number of anilines is 1. The second-order valence-corrected chi connectivity index (χ2v) is 5.53. The molecule has 2 nitrogen and oxygen atoms in total. The fourth-order valence-corrected chi connectivity index (χ4v) is 2.90. The van der Waals surface area contributed by atoms with Gasteiger partial charge in [0.2, 0.25) is 0 Å². The molecule has 2 aromatic rings. The van der Waals surface area contributed by atoms with E-state index < -0.39 is 0 Å². The third-order valence-electron chi connectivity index (χ3n) is 3.00. The van der Waals surface area contributed by atoms with Gasteiger partial charge in [-0.05, 0) is 12.1 Å². The van der Waals surface area contributed by atoms with Crippen LogP contribution in [0.4, 0.5) is 10.1 Å². The zero-order valence-corrected chi connectivity index (χ0v) is 12.1. The van der Waals surface area contributed by atoms with Crippen LogP contribution < -0.4 is 10.1 Å². The first kappa shape index (κ1) is 12.8. The zero-order chi connectivity index (χ0) is 13.4. The molecule has 0 amide bonds. The van der Waals surface area contributed by atoms with E-state index in [0.29, 0.717) is 18.0 Å². The quantitative estimate of drug-likeness (QED) is 0.805. The third-order valence-corrected chi connectivity index (χ3v) is 4.00. The van der Waals surface area contributed by atoms with Crippen LogP contribution in [0, 0.1) is 5.82 Å². The van der Waals surface area contributed by atoms with Crippen molar-refractivity contribution in [2.75, 3.05) is 11.9 Å². The van der Waals surface area contributed by atoms with Crippen LogP contribution in [0.1, 0.15) is 11.7 Å². The van der Waals surface area contributed by atoms with Crippen molar-refractivity contribution in [1.29, 1.82) is 0 Å². The van der Waals surface area contributed by atoms with Crippen LogP contribution in [0.5, 0.6) is 5.75 Å². The van der Waals surface area contributed by atoms with E-state index in [1.165, 1.54) is 12.1 Å². The minimum absolute atomic E-state index is 0.161. The van der Waals surface area contributed by atoms with Crippen molar-refractivity contribution < 1.29 is 9.13 Å². The molecular weight excluding hydrogens is 333 g/mol. The van der Waals surface area contributed by atoms with Gasteiger partial charge in [-0.3, -0.25) is 0 Å². The number of fused-ring (bicyclic) bond motifs is 1. The summed E-state index contributed by atoms with van der Waals surface area (Å²) in [5.41, 5.74) is 1.62. The third kappa shape index (κ3) is 2.42. The minimum atomic E-state index is -0.376. The molecule has 1 aliphatic heterocycles. The van der Waals surface area contributed by atoms with E-state index in [1.54, 1.807) is 0 Å². The summed E-state index contributed by atoms with van der Waals surface area (Å²) >= 11 is 9.52. The summed E-state index contributed by atoms with van der Waals surface area (Å²) in [5.74, 6) is 0.120. The van der Waals surface area contributed by atoms with Gasteiger partial charge >= 0.3 is 0 Å². The maximum Gasteiger partial charge on any atom is 0.162 e. The lowest BCUT2D eigenvalue weighted by Gasteiger charge is -2.29. The maximum absolute atomic E-state index is 13.3. The van der Waals surface area contributed by atoms with Crippen molar-refractivity contribution in [1.82, 2.24) is 0 Å². The molecule has 0 fully saturated rings. The molecule has 98 valence electrons. The summed E-state index contributed by atoms with van der Waals surface area (Å²) in [7, 11) is 0. The molecule has 0 bridgehead atoms. The molecule has 0 spiro atoms. The number of halogens is 3. The van der Waals surface area contributed by atoms with Crippen molar-refractivity contribution >= 4 is 33.2 Å². The summed E-state index contributed by atoms with van der Waals surface area (Å²) < 4.78 is 20.1. The van der Waals surface area contributed by atoms with Crippen LogP contribution in [0.2, 0.25) is 5.02 Å². The predicted octanol–water partition coefficient (Wildman–Crippen LogP) is 4.79. The van der Waals surface area contributed by atoms with Gasteiger partial charge in [0.15, 0.2) is 5.75 Å². The zero-order valence-electron chi connectivity index (χ0n) is 9.79. The Balaban J connectivity index is 1.97. The largest absolute Gasteiger partial charge is 0.480 e. The molecule has 3 rings (SSSR count). The highest BCUT2D eigenvalue weighted by molar-refractivity contribution is 9.10. The number of benzene rings is 2. The monoisotopic (exact) mass is 341 g/mol. The summed E-state index contributed by atoms with van der Waals surface area (Å²) in [4.78, 5) is 0. The average Bonchev–Trinajstić information content (AvgIpc) is 2.39. The lowest BCUT2D eigenvalue weighted by Crippen LogP contribution is -2.24. The lowest BCUT2D eigenvalue weighted by atomic mass is 10.1. The molecule has 2 aromatic carbocycles. The predicted molar refractivity (Wildman–Crippen MR) is 77.4 cm³/mol. The number of nitrogens with one attached hydrogen (secondary N) is 1. The van der Waals surface area contributed by atoms with Crippen molar-refractivity contribution in [3.05, 3.63) is 57.3 Å². The Morgan fingerprint density at radius 3 is 2.89 bits per heavy atom. The Morgan fingerprint density at radius 2 is 2.11 bits per heavy atom. The molecule has 0 aromatic heterocycles. The molecule has 5 heteroatoms. The van der Waals surface area contributed by atoms with Gasteiger partial charge in [0.05, 0.1) is 17.3 Å². The van der Waals surface area contributed by atoms with E-state index in [4.69, 9.17) is 16.3 Å². The second-order valence-electron chi connectivity index (χ2n) is 4.27. The Bertz CT molecular complexity index is 635. The Hall–Kier alpha value is -1.26.